The van der Waals surface area contributed by atoms with Gasteiger partial charge in [0.05, 0.1) is 11.2 Å². The summed E-state index contributed by atoms with van der Waals surface area (Å²) in [6, 6.07) is 0. The highest BCUT2D eigenvalue weighted by molar-refractivity contribution is 7.89. The van der Waals surface area contributed by atoms with Gasteiger partial charge >= 0.3 is 5.97 Å². The van der Waals surface area contributed by atoms with Crippen molar-refractivity contribution in [3.8, 4) is 0 Å². The zero-order valence-electron chi connectivity index (χ0n) is 11.5. The molecule has 0 aromatic carbocycles. The predicted molar refractivity (Wildman–Crippen MR) is 70.8 cm³/mol. The highest BCUT2D eigenvalue weighted by Crippen LogP contribution is 2.31. The first kappa shape index (κ1) is 17.8. The third kappa shape index (κ3) is 6.53. The van der Waals surface area contributed by atoms with Gasteiger partial charge in [0.25, 0.3) is 0 Å². The Kier molecular flexibility index (Phi) is 6.44. The number of carbonyl (C=O) groups is 2. The highest BCUT2D eigenvalue weighted by Gasteiger charge is 2.38. The Labute approximate surface area is 113 Å². The summed E-state index contributed by atoms with van der Waals surface area (Å²) in [5.74, 6) is -1.84. The van der Waals surface area contributed by atoms with Gasteiger partial charge in [0.2, 0.25) is 15.9 Å². The van der Waals surface area contributed by atoms with E-state index in [4.69, 9.17) is 10.2 Å². The fourth-order valence-electron chi connectivity index (χ4n) is 1.42. The Morgan fingerprint density at radius 1 is 1.37 bits per heavy atom. The lowest BCUT2D eigenvalue weighted by Crippen LogP contribution is -2.39. The van der Waals surface area contributed by atoms with E-state index in [9.17, 15) is 18.0 Å². The number of nitrogens with one attached hydrogen (secondary N) is 1. The Morgan fingerprint density at radius 2 is 1.89 bits per heavy atom. The SMILES string of the molecule is CC(C)C(C)(CC(=O)NCCCS(N)(=O)=O)C(=O)O. The van der Waals surface area contributed by atoms with E-state index in [1.807, 2.05) is 0 Å². The molecule has 0 bridgehead atoms. The second-order valence-corrected chi connectivity index (χ2v) is 6.86. The molecular formula is C11H22N2O5S. The number of nitrogens with two attached hydrogens (primary N) is 1. The first-order valence-corrected chi connectivity index (χ1v) is 7.71. The van der Waals surface area contributed by atoms with Gasteiger partial charge in [0.15, 0.2) is 0 Å². The number of amides is 1. The fraction of sp³-hybridized carbons (Fsp3) is 0.818. The summed E-state index contributed by atoms with van der Waals surface area (Å²) in [5.41, 5.74) is -1.13. The monoisotopic (exact) mass is 294 g/mol. The zero-order chi connectivity index (χ0) is 15.3. The van der Waals surface area contributed by atoms with Gasteiger partial charge in [-0.25, -0.2) is 13.6 Å². The highest BCUT2D eigenvalue weighted by atomic mass is 32.2. The smallest absolute Gasteiger partial charge is 0.310 e. The van der Waals surface area contributed by atoms with Crippen molar-refractivity contribution >= 4 is 21.9 Å². The molecule has 8 heteroatoms. The molecule has 0 aromatic rings. The van der Waals surface area contributed by atoms with Crippen molar-refractivity contribution < 1.29 is 23.1 Å². The Bertz CT molecular complexity index is 432. The number of hydrogen-bond donors (Lipinski definition) is 3. The molecule has 1 atom stereocenters. The maximum Gasteiger partial charge on any atom is 0.310 e. The third-order valence-corrected chi connectivity index (χ3v) is 4.08. The Morgan fingerprint density at radius 3 is 2.26 bits per heavy atom. The Balaban J connectivity index is 4.27. The van der Waals surface area contributed by atoms with Crippen LogP contribution in [0.15, 0.2) is 0 Å². The van der Waals surface area contributed by atoms with Crippen molar-refractivity contribution in [1.29, 1.82) is 0 Å². The minimum Gasteiger partial charge on any atom is -0.481 e. The molecule has 1 unspecified atom stereocenters. The molecule has 0 saturated carbocycles. The van der Waals surface area contributed by atoms with Gasteiger partial charge in [0.1, 0.15) is 0 Å². The lowest BCUT2D eigenvalue weighted by atomic mass is 9.76. The molecule has 19 heavy (non-hydrogen) atoms. The molecule has 0 rings (SSSR count). The number of primary sulfonamides is 1. The molecule has 0 aliphatic carbocycles. The van der Waals surface area contributed by atoms with Crippen LogP contribution in [0, 0.1) is 11.3 Å². The second kappa shape index (κ2) is 6.85. The van der Waals surface area contributed by atoms with Crippen LogP contribution in [0.25, 0.3) is 0 Å². The van der Waals surface area contributed by atoms with Gasteiger partial charge in [0, 0.05) is 13.0 Å². The van der Waals surface area contributed by atoms with Gasteiger partial charge in [-0.3, -0.25) is 9.59 Å². The largest absolute Gasteiger partial charge is 0.481 e. The summed E-state index contributed by atoms with van der Waals surface area (Å²) in [5, 5.41) is 16.5. The van der Waals surface area contributed by atoms with Crippen LogP contribution in [0.5, 0.6) is 0 Å². The number of carboxylic acid groups (broad SMARTS) is 1. The van der Waals surface area contributed by atoms with E-state index in [0.717, 1.165) is 0 Å². The average Bonchev–Trinajstić information content (AvgIpc) is 2.22. The summed E-state index contributed by atoms with van der Waals surface area (Å²) in [4.78, 5) is 22.8. The lowest BCUT2D eigenvalue weighted by Gasteiger charge is -2.28. The van der Waals surface area contributed by atoms with E-state index in [1.165, 1.54) is 6.92 Å². The molecule has 0 radical (unpaired) electrons. The molecule has 0 aliphatic rings. The normalized spacial score (nSPS) is 15.0. The van der Waals surface area contributed by atoms with Crippen LogP contribution < -0.4 is 10.5 Å². The lowest BCUT2D eigenvalue weighted by molar-refractivity contribution is -0.153. The standard InChI is InChI=1S/C11H22N2O5S/c1-8(2)11(3,10(15)16)7-9(14)13-5-4-6-19(12,17)18/h8H,4-7H2,1-3H3,(H,13,14)(H,15,16)(H2,12,17,18). The summed E-state index contributed by atoms with van der Waals surface area (Å²) in [6.45, 7) is 5.15. The van der Waals surface area contributed by atoms with Crippen molar-refractivity contribution in [1.82, 2.24) is 5.32 Å². The first-order chi connectivity index (χ1) is 8.49. The molecule has 112 valence electrons. The topological polar surface area (TPSA) is 127 Å². The van der Waals surface area contributed by atoms with Crippen molar-refractivity contribution in [2.24, 2.45) is 16.5 Å². The summed E-state index contributed by atoms with van der Waals surface area (Å²) < 4.78 is 21.3. The third-order valence-electron chi connectivity index (χ3n) is 3.22. The molecule has 4 N–H and O–H groups in total. The van der Waals surface area contributed by atoms with Crippen LogP contribution in [-0.2, 0) is 19.6 Å². The number of sulfonamides is 1. The summed E-state index contributed by atoms with van der Waals surface area (Å²) >= 11 is 0. The van der Waals surface area contributed by atoms with E-state index in [1.54, 1.807) is 13.8 Å². The van der Waals surface area contributed by atoms with Crippen LogP contribution in [0.4, 0.5) is 0 Å². The maximum absolute atomic E-state index is 11.6. The van der Waals surface area contributed by atoms with Gasteiger partial charge < -0.3 is 10.4 Å². The van der Waals surface area contributed by atoms with Gasteiger partial charge in [-0.1, -0.05) is 13.8 Å². The minimum atomic E-state index is -3.53. The van der Waals surface area contributed by atoms with E-state index >= 15 is 0 Å². The van der Waals surface area contributed by atoms with Crippen molar-refractivity contribution in [2.75, 3.05) is 12.3 Å². The molecular weight excluding hydrogens is 272 g/mol. The molecule has 7 nitrogen and oxygen atoms in total. The van der Waals surface area contributed by atoms with Crippen LogP contribution in [-0.4, -0.2) is 37.7 Å². The quantitative estimate of drug-likeness (QED) is 0.540. The molecule has 0 fully saturated rings. The molecule has 0 aromatic heterocycles. The molecule has 0 saturated heterocycles. The van der Waals surface area contributed by atoms with Crippen LogP contribution >= 0.6 is 0 Å². The van der Waals surface area contributed by atoms with E-state index in [2.05, 4.69) is 5.32 Å². The molecule has 0 heterocycles. The van der Waals surface area contributed by atoms with E-state index in [0.29, 0.717) is 0 Å². The van der Waals surface area contributed by atoms with E-state index < -0.39 is 27.3 Å². The molecule has 0 spiro atoms. The van der Waals surface area contributed by atoms with Gasteiger partial charge in [-0.2, -0.15) is 0 Å². The number of hydrogen-bond acceptors (Lipinski definition) is 4. The number of aliphatic carboxylic acids is 1. The number of carbonyl (C=O) groups excluding carboxylic acids is 1. The van der Waals surface area contributed by atoms with Crippen LogP contribution in [0.1, 0.15) is 33.6 Å². The van der Waals surface area contributed by atoms with Crippen molar-refractivity contribution in [3.63, 3.8) is 0 Å². The van der Waals surface area contributed by atoms with E-state index in [-0.39, 0.29) is 31.1 Å². The summed E-state index contributed by atoms with van der Waals surface area (Å²) in [6.07, 6.45) is 0.0609. The zero-order valence-corrected chi connectivity index (χ0v) is 12.3. The molecule has 0 aliphatic heterocycles. The minimum absolute atomic E-state index is 0.143. The second-order valence-electron chi connectivity index (χ2n) is 5.12. The number of carboxylic acids is 1. The summed E-state index contributed by atoms with van der Waals surface area (Å²) in [7, 11) is -3.53. The number of rotatable bonds is 8. The molecule has 1 amide bonds. The predicted octanol–water partition coefficient (Wildman–Crippen LogP) is -0.0818. The van der Waals surface area contributed by atoms with Crippen LogP contribution in [0.2, 0.25) is 0 Å². The Hall–Kier alpha value is -1.15. The van der Waals surface area contributed by atoms with Crippen LogP contribution in [0.3, 0.4) is 0 Å². The maximum atomic E-state index is 11.6. The average molecular weight is 294 g/mol. The van der Waals surface area contributed by atoms with Gasteiger partial charge in [-0.05, 0) is 19.3 Å². The van der Waals surface area contributed by atoms with Gasteiger partial charge in [-0.15, -0.1) is 0 Å². The van der Waals surface area contributed by atoms with Crippen molar-refractivity contribution in [2.45, 2.75) is 33.6 Å². The van der Waals surface area contributed by atoms with Crippen molar-refractivity contribution in [3.05, 3.63) is 0 Å². The first-order valence-electron chi connectivity index (χ1n) is 5.99. The fourth-order valence-corrected chi connectivity index (χ4v) is 1.97.